The number of carbonyl (C=O) groups excluding carboxylic acids is 1. The van der Waals surface area contributed by atoms with Gasteiger partial charge in [0, 0.05) is 6.54 Å². The van der Waals surface area contributed by atoms with Crippen molar-refractivity contribution in [3.8, 4) is 0 Å². The standard InChI is InChI=1S/C15H28N2O/c1-13(2)8-11-17-15(18)12-16-10-9-14-6-4-3-5-7-14/h6,13,16H,3-5,7-12H2,1-2H3,(H,17,18). The van der Waals surface area contributed by atoms with E-state index in [1.165, 1.54) is 25.7 Å². The van der Waals surface area contributed by atoms with Gasteiger partial charge in [0.05, 0.1) is 6.54 Å². The van der Waals surface area contributed by atoms with E-state index in [4.69, 9.17) is 0 Å². The summed E-state index contributed by atoms with van der Waals surface area (Å²) in [4.78, 5) is 11.5. The van der Waals surface area contributed by atoms with Crippen LogP contribution in [0.3, 0.4) is 0 Å². The van der Waals surface area contributed by atoms with Crippen molar-refractivity contribution in [2.24, 2.45) is 5.92 Å². The molecular weight excluding hydrogens is 224 g/mol. The van der Waals surface area contributed by atoms with E-state index in [1.807, 2.05) is 0 Å². The van der Waals surface area contributed by atoms with Crippen molar-refractivity contribution in [2.75, 3.05) is 19.6 Å². The van der Waals surface area contributed by atoms with Gasteiger partial charge < -0.3 is 10.6 Å². The lowest BCUT2D eigenvalue weighted by molar-refractivity contribution is -0.120. The normalized spacial score (nSPS) is 15.6. The molecule has 1 amide bonds. The molecule has 0 radical (unpaired) electrons. The van der Waals surface area contributed by atoms with Crippen molar-refractivity contribution < 1.29 is 4.79 Å². The Morgan fingerprint density at radius 3 is 2.83 bits per heavy atom. The van der Waals surface area contributed by atoms with Crippen LogP contribution in [0.5, 0.6) is 0 Å². The first kappa shape index (κ1) is 15.2. The third kappa shape index (κ3) is 7.49. The summed E-state index contributed by atoms with van der Waals surface area (Å²) in [6.45, 7) is 6.50. The number of carbonyl (C=O) groups is 1. The van der Waals surface area contributed by atoms with Crippen LogP contribution in [-0.4, -0.2) is 25.5 Å². The monoisotopic (exact) mass is 252 g/mol. The van der Waals surface area contributed by atoms with E-state index < -0.39 is 0 Å². The zero-order valence-corrected chi connectivity index (χ0v) is 11.9. The van der Waals surface area contributed by atoms with Crippen LogP contribution in [0.1, 0.15) is 52.4 Å². The topological polar surface area (TPSA) is 41.1 Å². The first-order chi connectivity index (χ1) is 8.68. The van der Waals surface area contributed by atoms with E-state index in [0.717, 1.165) is 25.9 Å². The maximum Gasteiger partial charge on any atom is 0.233 e. The first-order valence-electron chi connectivity index (χ1n) is 7.34. The van der Waals surface area contributed by atoms with Crippen molar-refractivity contribution in [1.82, 2.24) is 10.6 Å². The van der Waals surface area contributed by atoms with Crippen LogP contribution in [0.15, 0.2) is 11.6 Å². The molecule has 2 N–H and O–H groups in total. The minimum absolute atomic E-state index is 0.119. The number of hydrogen-bond acceptors (Lipinski definition) is 2. The van der Waals surface area contributed by atoms with Gasteiger partial charge in [-0.25, -0.2) is 0 Å². The second-order valence-electron chi connectivity index (χ2n) is 5.57. The van der Waals surface area contributed by atoms with Crippen LogP contribution in [0.2, 0.25) is 0 Å². The maximum absolute atomic E-state index is 11.5. The molecule has 1 aliphatic rings. The Kier molecular flexibility index (Phi) is 7.74. The summed E-state index contributed by atoms with van der Waals surface area (Å²) in [5.74, 6) is 0.768. The average molecular weight is 252 g/mol. The van der Waals surface area contributed by atoms with Crippen molar-refractivity contribution >= 4 is 5.91 Å². The van der Waals surface area contributed by atoms with Gasteiger partial charge in [0.1, 0.15) is 0 Å². The fraction of sp³-hybridized carbons (Fsp3) is 0.800. The van der Waals surface area contributed by atoms with Gasteiger partial charge in [0.15, 0.2) is 0 Å². The molecule has 0 saturated carbocycles. The Labute approximate surface area is 111 Å². The summed E-state index contributed by atoms with van der Waals surface area (Å²) in [5.41, 5.74) is 1.56. The molecule has 104 valence electrons. The summed E-state index contributed by atoms with van der Waals surface area (Å²) >= 11 is 0. The fourth-order valence-electron chi connectivity index (χ4n) is 2.15. The summed E-state index contributed by atoms with van der Waals surface area (Å²) in [6.07, 6.45) is 9.69. The van der Waals surface area contributed by atoms with Gasteiger partial charge in [0.25, 0.3) is 0 Å². The average Bonchev–Trinajstić information content (AvgIpc) is 2.35. The van der Waals surface area contributed by atoms with E-state index >= 15 is 0 Å². The highest BCUT2D eigenvalue weighted by molar-refractivity contribution is 5.77. The summed E-state index contributed by atoms with van der Waals surface area (Å²) in [7, 11) is 0. The van der Waals surface area contributed by atoms with Crippen molar-refractivity contribution in [3.05, 3.63) is 11.6 Å². The lowest BCUT2D eigenvalue weighted by Gasteiger charge is -2.13. The molecule has 3 nitrogen and oxygen atoms in total. The summed E-state index contributed by atoms with van der Waals surface area (Å²) < 4.78 is 0. The highest BCUT2D eigenvalue weighted by Crippen LogP contribution is 2.19. The molecule has 0 saturated heterocycles. The quantitative estimate of drug-likeness (QED) is 0.515. The van der Waals surface area contributed by atoms with Crippen molar-refractivity contribution in [2.45, 2.75) is 52.4 Å². The predicted molar refractivity (Wildman–Crippen MR) is 76.5 cm³/mol. The molecule has 1 aliphatic carbocycles. The number of nitrogens with one attached hydrogen (secondary N) is 2. The number of rotatable bonds is 8. The molecule has 0 aromatic rings. The first-order valence-corrected chi connectivity index (χ1v) is 7.34. The Morgan fingerprint density at radius 1 is 1.33 bits per heavy atom. The molecule has 1 rings (SSSR count). The minimum Gasteiger partial charge on any atom is -0.355 e. The molecule has 0 fully saturated rings. The largest absolute Gasteiger partial charge is 0.355 e. The molecule has 18 heavy (non-hydrogen) atoms. The molecular formula is C15H28N2O. The second-order valence-corrected chi connectivity index (χ2v) is 5.57. The number of hydrogen-bond donors (Lipinski definition) is 2. The molecule has 3 heteroatoms. The van der Waals surface area contributed by atoms with Crippen LogP contribution in [0.4, 0.5) is 0 Å². The Balaban J connectivity index is 1.96. The van der Waals surface area contributed by atoms with Crippen LogP contribution >= 0.6 is 0 Å². The Hall–Kier alpha value is -0.830. The lowest BCUT2D eigenvalue weighted by atomic mass is 9.97. The van der Waals surface area contributed by atoms with Gasteiger partial charge in [0.2, 0.25) is 5.91 Å². The van der Waals surface area contributed by atoms with E-state index in [2.05, 4.69) is 30.6 Å². The molecule has 0 atom stereocenters. The van der Waals surface area contributed by atoms with Gasteiger partial charge in [-0.2, -0.15) is 0 Å². The van der Waals surface area contributed by atoms with E-state index in [0.29, 0.717) is 12.5 Å². The van der Waals surface area contributed by atoms with Gasteiger partial charge in [-0.15, -0.1) is 0 Å². The van der Waals surface area contributed by atoms with Crippen LogP contribution in [-0.2, 0) is 4.79 Å². The zero-order valence-electron chi connectivity index (χ0n) is 11.9. The van der Waals surface area contributed by atoms with Gasteiger partial charge in [-0.05, 0) is 51.0 Å². The van der Waals surface area contributed by atoms with E-state index in [-0.39, 0.29) is 5.91 Å². The predicted octanol–water partition coefficient (Wildman–Crippen LogP) is 2.63. The molecule has 0 heterocycles. The highest BCUT2D eigenvalue weighted by atomic mass is 16.1. The molecule has 0 unspecified atom stereocenters. The van der Waals surface area contributed by atoms with Gasteiger partial charge in [-0.1, -0.05) is 25.5 Å². The molecule has 0 aromatic carbocycles. The summed E-state index contributed by atoms with van der Waals surface area (Å²) in [6, 6.07) is 0. The van der Waals surface area contributed by atoms with Crippen LogP contribution < -0.4 is 10.6 Å². The smallest absolute Gasteiger partial charge is 0.233 e. The van der Waals surface area contributed by atoms with E-state index in [9.17, 15) is 4.79 Å². The second kappa shape index (κ2) is 9.15. The van der Waals surface area contributed by atoms with Gasteiger partial charge >= 0.3 is 0 Å². The van der Waals surface area contributed by atoms with Crippen molar-refractivity contribution in [3.63, 3.8) is 0 Å². The van der Waals surface area contributed by atoms with Crippen LogP contribution in [0, 0.1) is 5.92 Å². The number of amides is 1. The zero-order chi connectivity index (χ0) is 13.2. The summed E-state index contributed by atoms with van der Waals surface area (Å²) in [5, 5.41) is 6.15. The third-order valence-electron chi connectivity index (χ3n) is 3.34. The fourth-order valence-corrected chi connectivity index (χ4v) is 2.15. The Morgan fingerprint density at radius 2 is 2.17 bits per heavy atom. The van der Waals surface area contributed by atoms with Gasteiger partial charge in [-0.3, -0.25) is 4.79 Å². The molecule has 0 aliphatic heterocycles. The highest BCUT2D eigenvalue weighted by Gasteiger charge is 2.04. The maximum atomic E-state index is 11.5. The van der Waals surface area contributed by atoms with Crippen molar-refractivity contribution in [1.29, 1.82) is 0 Å². The Bertz CT molecular complexity index is 272. The van der Waals surface area contributed by atoms with Crippen LogP contribution in [0.25, 0.3) is 0 Å². The molecule has 0 spiro atoms. The lowest BCUT2D eigenvalue weighted by Crippen LogP contribution is -2.35. The number of allylic oxidation sites excluding steroid dienone is 1. The SMILES string of the molecule is CC(C)CCNC(=O)CNCCC1=CCCCC1. The molecule has 0 aromatic heterocycles. The third-order valence-corrected chi connectivity index (χ3v) is 3.34. The molecule has 0 bridgehead atoms. The van der Waals surface area contributed by atoms with E-state index in [1.54, 1.807) is 5.57 Å². The minimum atomic E-state index is 0.119.